The monoisotopic (exact) mass is 451 g/mol. The van der Waals surface area contributed by atoms with Gasteiger partial charge in [-0.15, -0.1) is 0 Å². The van der Waals surface area contributed by atoms with Gasteiger partial charge in [-0.3, -0.25) is 9.59 Å². The van der Waals surface area contributed by atoms with Crippen LogP contribution in [0.2, 0.25) is 0 Å². The number of nitrogens with two attached hydrogens (primary N) is 1. The molecule has 8 heteroatoms. The second-order valence-electron chi connectivity index (χ2n) is 9.23. The van der Waals surface area contributed by atoms with Crippen LogP contribution in [0.1, 0.15) is 42.9 Å². The highest BCUT2D eigenvalue weighted by Gasteiger charge is 2.58. The van der Waals surface area contributed by atoms with E-state index in [-0.39, 0.29) is 30.9 Å². The van der Waals surface area contributed by atoms with Gasteiger partial charge in [0.1, 0.15) is 12.4 Å². The van der Waals surface area contributed by atoms with E-state index in [1.165, 1.54) is 12.1 Å². The summed E-state index contributed by atoms with van der Waals surface area (Å²) in [6, 6.07) is 11.1. The predicted octanol–water partition coefficient (Wildman–Crippen LogP) is 3.36. The normalized spacial score (nSPS) is 22.4. The van der Waals surface area contributed by atoms with Crippen LogP contribution < -0.4 is 5.73 Å². The van der Waals surface area contributed by atoms with Crippen molar-refractivity contribution in [3.05, 3.63) is 65.0 Å². The zero-order valence-corrected chi connectivity index (χ0v) is 18.4. The molecular formula is C25H26FN3O4. The van der Waals surface area contributed by atoms with Gasteiger partial charge >= 0.3 is 6.09 Å². The number of carbonyl (C=O) groups is 3. The van der Waals surface area contributed by atoms with Gasteiger partial charge in [-0.25, -0.2) is 14.1 Å². The van der Waals surface area contributed by atoms with Crippen LogP contribution in [-0.2, 0) is 32.9 Å². The van der Waals surface area contributed by atoms with Crippen molar-refractivity contribution in [2.24, 2.45) is 5.92 Å². The number of anilines is 1. The summed E-state index contributed by atoms with van der Waals surface area (Å²) in [7, 11) is 0. The Morgan fingerprint density at radius 1 is 1.24 bits per heavy atom. The second kappa shape index (κ2) is 7.86. The van der Waals surface area contributed by atoms with Crippen molar-refractivity contribution >= 4 is 23.6 Å². The fourth-order valence-electron chi connectivity index (χ4n) is 4.98. The number of carbonyl (C=O) groups excluding carboxylic acids is 3. The van der Waals surface area contributed by atoms with Crippen LogP contribution in [0.5, 0.6) is 0 Å². The van der Waals surface area contributed by atoms with Crippen LogP contribution in [0.25, 0.3) is 0 Å². The van der Waals surface area contributed by atoms with Gasteiger partial charge in [-0.1, -0.05) is 18.2 Å². The summed E-state index contributed by atoms with van der Waals surface area (Å²) < 4.78 is 18.9. The molecule has 0 unspecified atom stereocenters. The van der Waals surface area contributed by atoms with Crippen molar-refractivity contribution in [3.8, 4) is 0 Å². The number of imide groups is 1. The Morgan fingerprint density at radius 3 is 2.67 bits per heavy atom. The van der Waals surface area contributed by atoms with Gasteiger partial charge in [-0.2, -0.15) is 0 Å². The largest absolute Gasteiger partial charge is 0.427 e. The zero-order chi connectivity index (χ0) is 23.3. The summed E-state index contributed by atoms with van der Waals surface area (Å²) in [6.07, 6.45) is 2.15. The molecule has 3 aliphatic rings. The van der Waals surface area contributed by atoms with E-state index in [0.717, 1.165) is 28.9 Å². The molecule has 1 spiro atoms. The lowest BCUT2D eigenvalue weighted by Crippen LogP contribution is -2.47. The molecule has 172 valence electrons. The first-order chi connectivity index (χ1) is 15.8. The Bertz CT molecular complexity index is 1130. The number of rotatable bonds is 6. The molecule has 2 aliphatic carbocycles. The first-order valence-corrected chi connectivity index (χ1v) is 11.3. The van der Waals surface area contributed by atoms with E-state index in [0.29, 0.717) is 30.0 Å². The van der Waals surface area contributed by atoms with E-state index >= 15 is 0 Å². The van der Waals surface area contributed by atoms with Gasteiger partial charge in [0.2, 0.25) is 11.5 Å². The van der Waals surface area contributed by atoms with Crippen LogP contribution >= 0.6 is 0 Å². The molecule has 33 heavy (non-hydrogen) atoms. The molecule has 5 rings (SSSR count). The van der Waals surface area contributed by atoms with Crippen molar-refractivity contribution in [3.63, 3.8) is 0 Å². The topological polar surface area (TPSA) is 92.9 Å². The molecular weight excluding hydrogens is 425 g/mol. The van der Waals surface area contributed by atoms with E-state index in [9.17, 15) is 18.8 Å². The number of halogens is 1. The lowest BCUT2D eigenvalue weighted by Gasteiger charge is -2.30. The molecule has 2 aromatic rings. The smallest absolute Gasteiger partial charge is 0.418 e. The summed E-state index contributed by atoms with van der Waals surface area (Å²) in [5.74, 6) is -0.808. The van der Waals surface area contributed by atoms with Crippen molar-refractivity contribution in [1.82, 2.24) is 9.80 Å². The average Bonchev–Trinajstić information content (AvgIpc) is 3.54. The standard InChI is InChI=1S/C25H26FN3O4/c1-15(17-4-5-17)28(13-16-2-6-19(26)7-3-16)22(30)14-29-23(31)25(33-24(29)32)11-10-18-12-20(27)8-9-21(18)25/h2-3,6-9,12,15,17H,4-5,10-11,13-14,27H2,1H3/t15-,25-/m0/s1. The van der Waals surface area contributed by atoms with Crippen molar-refractivity contribution in [2.75, 3.05) is 12.3 Å². The lowest BCUT2D eigenvalue weighted by molar-refractivity contribution is -0.143. The molecule has 3 amide bonds. The molecule has 1 saturated carbocycles. The highest BCUT2D eigenvalue weighted by molar-refractivity contribution is 6.06. The van der Waals surface area contributed by atoms with Crippen LogP contribution in [-0.4, -0.2) is 40.3 Å². The number of amides is 3. The summed E-state index contributed by atoms with van der Waals surface area (Å²) in [5, 5.41) is 0. The number of hydrogen-bond donors (Lipinski definition) is 1. The maximum atomic E-state index is 13.4. The summed E-state index contributed by atoms with van der Waals surface area (Å²) >= 11 is 0. The first kappa shape index (κ1) is 21.4. The van der Waals surface area contributed by atoms with Crippen LogP contribution in [0.3, 0.4) is 0 Å². The molecule has 7 nitrogen and oxygen atoms in total. The van der Waals surface area contributed by atoms with Crippen LogP contribution in [0, 0.1) is 11.7 Å². The molecule has 2 fully saturated rings. The Balaban J connectivity index is 1.37. The second-order valence-corrected chi connectivity index (χ2v) is 9.23. The van der Waals surface area contributed by atoms with Gasteiger partial charge in [0.15, 0.2) is 0 Å². The number of fused-ring (bicyclic) bond motifs is 2. The first-order valence-electron chi connectivity index (χ1n) is 11.3. The third-order valence-electron chi connectivity index (χ3n) is 7.06. The molecule has 2 atom stereocenters. The number of ether oxygens (including phenoxy) is 1. The van der Waals surface area contributed by atoms with E-state index in [2.05, 4.69) is 0 Å². The number of nitrogen functional groups attached to an aromatic ring is 1. The Morgan fingerprint density at radius 2 is 1.97 bits per heavy atom. The van der Waals surface area contributed by atoms with Crippen LogP contribution in [0.15, 0.2) is 42.5 Å². The minimum atomic E-state index is -1.38. The highest BCUT2D eigenvalue weighted by Crippen LogP contribution is 2.46. The molecule has 0 radical (unpaired) electrons. The summed E-state index contributed by atoms with van der Waals surface area (Å²) in [6.45, 7) is 1.87. The average molecular weight is 451 g/mol. The van der Waals surface area contributed by atoms with E-state index in [4.69, 9.17) is 10.5 Å². The molecule has 2 aromatic carbocycles. The van der Waals surface area contributed by atoms with E-state index in [1.807, 2.05) is 6.92 Å². The summed E-state index contributed by atoms with van der Waals surface area (Å²) in [5.41, 5.74) is 7.36. The van der Waals surface area contributed by atoms with E-state index < -0.39 is 17.6 Å². The third kappa shape index (κ3) is 3.73. The quantitative estimate of drug-likeness (QED) is 0.680. The Labute approximate surface area is 191 Å². The fourth-order valence-corrected chi connectivity index (χ4v) is 4.98. The summed E-state index contributed by atoms with van der Waals surface area (Å²) in [4.78, 5) is 42.1. The Kier molecular flexibility index (Phi) is 5.11. The van der Waals surface area contributed by atoms with Crippen molar-refractivity contribution in [2.45, 2.75) is 50.8 Å². The molecule has 0 aromatic heterocycles. The van der Waals surface area contributed by atoms with Crippen LogP contribution in [0.4, 0.5) is 14.9 Å². The minimum absolute atomic E-state index is 0.0552. The SMILES string of the molecule is C[C@@H](C1CC1)N(Cc1ccc(F)cc1)C(=O)CN1C(=O)O[C@]2(CCc3cc(N)ccc32)C1=O. The number of aryl methyl sites for hydroxylation is 1. The van der Waals surface area contributed by atoms with Gasteiger partial charge in [-0.05, 0) is 67.5 Å². The number of benzene rings is 2. The highest BCUT2D eigenvalue weighted by atomic mass is 19.1. The fraction of sp³-hybridized carbons (Fsp3) is 0.400. The maximum absolute atomic E-state index is 13.4. The van der Waals surface area contributed by atoms with Gasteiger partial charge in [0.25, 0.3) is 5.91 Å². The molecule has 1 saturated heterocycles. The van der Waals surface area contributed by atoms with Gasteiger partial charge < -0.3 is 15.4 Å². The Hall–Kier alpha value is -3.42. The number of nitrogens with zero attached hydrogens (tertiary/aromatic N) is 2. The molecule has 1 aliphatic heterocycles. The third-order valence-corrected chi connectivity index (χ3v) is 7.06. The van der Waals surface area contributed by atoms with E-state index in [1.54, 1.807) is 35.2 Å². The van der Waals surface area contributed by atoms with Gasteiger partial charge in [0.05, 0.1) is 0 Å². The predicted molar refractivity (Wildman–Crippen MR) is 118 cm³/mol. The number of hydrogen-bond acceptors (Lipinski definition) is 5. The lowest BCUT2D eigenvalue weighted by atomic mass is 9.94. The van der Waals surface area contributed by atoms with Crippen molar-refractivity contribution in [1.29, 1.82) is 0 Å². The molecule has 0 bridgehead atoms. The van der Waals surface area contributed by atoms with Crippen molar-refractivity contribution < 1.29 is 23.5 Å². The zero-order valence-electron chi connectivity index (χ0n) is 18.4. The minimum Gasteiger partial charge on any atom is -0.427 e. The molecule has 1 heterocycles. The van der Waals surface area contributed by atoms with Gasteiger partial charge in [0, 0.05) is 30.3 Å². The molecule has 2 N–H and O–H groups in total. The maximum Gasteiger partial charge on any atom is 0.418 e.